The molecule has 0 spiro atoms. The van der Waals surface area contributed by atoms with Crippen LogP contribution in [-0.4, -0.2) is 50.2 Å². The predicted octanol–water partition coefficient (Wildman–Crippen LogP) is 2.15. The fraction of sp³-hybridized carbons (Fsp3) is 0.533. The second-order valence-corrected chi connectivity index (χ2v) is 6.15. The maximum absolute atomic E-state index is 12.0. The molecule has 1 fully saturated rings. The average Bonchev–Trinajstić information content (AvgIpc) is 2.46. The molecule has 1 amide bonds. The van der Waals surface area contributed by atoms with Gasteiger partial charge >= 0.3 is 0 Å². The van der Waals surface area contributed by atoms with Crippen molar-refractivity contribution in [1.82, 2.24) is 10.2 Å². The number of amides is 1. The zero-order valence-electron chi connectivity index (χ0n) is 11.8. The van der Waals surface area contributed by atoms with Crippen LogP contribution in [0.4, 0.5) is 0 Å². The summed E-state index contributed by atoms with van der Waals surface area (Å²) in [7, 11) is 0. The second kappa shape index (κ2) is 7.76. The first-order chi connectivity index (χ1) is 9.65. The van der Waals surface area contributed by atoms with Gasteiger partial charge in [0.2, 0.25) is 0 Å². The number of hydrogen-bond donors (Lipinski definition) is 1. The van der Waals surface area contributed by atoms with Crippen molar-refractivity contribution in [2.24, 2.45) is 5.92 Å². The third kappa shape index (κ3) is 4.89. The minimum Gasteiger partial charge on any atom is -0.379 e. The third-order valence-electron chi connectivity index (χ3n) is 3.39. The van der Waals surface area contributed by atoms with Gasteiger partial charge < -0.3 is 10.1 Å². The number of benzene rings is 1. The number of rotatable bonds is 5. The molecule has 1 aliphatic rings. The summed E-state index contributed by atoms with van der Waals surface area (Å²) in [4.78, 5) is 14.4. The van der Waals surface area contributed by atoms with Gasteiger partial charge in [0.25, 0.3) is 5.91 Å². The maximum atomic E-state index is 12.0. The van der Waals surface area contributed by atoms with E-state index in [1.54, 1.807) is 0 Å². The van der Waals surface area contributed by atoms with Gasteiger partial charge in [0.05, 0.1) is 13.2 Å². The van der Waals surface area contributed by atoms with E-state index >= 15 is 0 Å². The summed E-state index contributed by atoms with van der Waals surface area (Å²) < 4.78 is 6.31. The van der Waals surface area contributed by atoms with Gasteiger partial charge in [-0.3, -0.25) is 9.69 Å². The lowest BCUT2D eigenvalue weighted by Gasteiger charge is -2.29. The summed E-state index contributed by atoms with van der Waals surface area (Å²) in [5.74, 6) is 0.429. The van der Waals surface area contributed by atoms with E-state index in [9.17, 15) is 4.79 Å². The van der Waals surface area contributed by atoms with Crippen molar-refractivity contribution >= 4 is 21.8 Å². The van der Waals surface area contributed by atoms with Gasteiger partial charge in [-0.25, -0.2) is 0 Å². The van der Waals surface area contributed by atoms with Crippen LogP contribution in [0.5, 0.6) is 0 Å². The zero-order chi connectivity index (χ0) is 14.4. The normalized spacial score (nSPS) is 17.7. The number of carbonyl (C=O) groups excluding carboxylic acids is 1. The quantitative estimate of drug-likeness (QED) is 0.892. The lowest BCUT2D eigenvalue weighted by atomic mass is 10.1. The Hall–Kier alpha value is -0.910. The van der Waals surface area contributed by atoms with Crippen LogP contribution in [0.2, 0.25) is 0 Å². The van der Waals surface area contributed by atoms with Gasteiger partial charge in [0.15, 0.2) is 0 Å². The van der Waals surface area contributed by atoms with Gasteiger partial charge in [-0.2, -0.15) is 0 Å². The lowest BCUT2D eigenvalue weighted by molar-refractivity contribution is 0.0317. The molecule has 1 aromatic rings. The van der Waals surface area contributed by atoms with E-state index in [0.717, 1.165) is 37.3 Å². The molecule has 0 radical (unpaired) electrons. The highest BCUT2D eigenvalue weighted by Crippen LogP contribution is 2.10. The number of carbonyl (C=O) groups is 1. The van der Waals surface area contributed by atoms with E-state index < -0.39 is 0 Å². The Bertz CT molecular complexity index is 430. The Morgan fingerprint density at radius 2 is 2.00 bits per heavy atom. The average molecular weight is 341 g/mol. The molecule has 1 aromatic carbocycles. The molecule has 0 aliphatic carbocycles. The molecular formula is C15H21BrN2O2. The van der Waals surface area contributed by atoms with Crippen molar-refractivity contribution < 1.29 is 9.53 Å². The van der Waals surface area contributed by atoms with Gasteiger partial charge in [-0.1, -0.05) is 22.9 Å². The molecule has 1 unspecified atom stereocenters. The second-order valence-electron chi connectivity index (χ2n) is 5.24. The molecule has 20 heavy (non-hydrogen) atoms. The topological polar surface area (TPSA) is 41.6 Å². The zero-order valence-corrected chi connectivity index (χ0v) is 13.4. The van der Waals surface area contributed by atoms with Crippen LogP contribution in [0, 0.1) is 5.92 Å². The van der Waals surface area contributed by atoms with E-state index in [4.69, 9.17) is 4.74 Å². The molecular weight excluding hydrogens is 320 g/mol. The monoisotopic (exact) mass is 340 g/mol. The molecule has 1 aliphatic heterocycles. The van der Waals surface area contributed by atoms with Crippen LogP contribution in [-0.2, 0) is 4.74 Å². The molecule has 0 aromatic heterocycles. The first-order valence-electron chi connectivity index (χ1n) is 6.99. The molecule has 0 bridgehead atoms. The minimum absolute atomic E-state index is 0.00803. The Morgan fingerprint density at radius 1 is 1.35 bits per heavy atom. The highest BCUT2D eigenvalue weighted by Gasteiger charge is 2.14. The fourth-order valence-electron chi connectivity index (χ4n) is 2.26. The van der Waals surface area contributed by atoms with E-state index in [1.165, 1.54) is 0 Å². The van der Waals surface area contributed by atoms with Crippen LogP contribution in [0.25, 0.3) is 0 Å². The van der Waals surface area contributed by atoms with Gasteiger partial charge in [0.1, 0.15) is 0 Å². The molecule has 2 rings (SSSR count). The van der Waals surface area contributed by atoms with Gasteiger partial charge in [-0.15, -0.1) is 0 Å². The van der Waals surface area contributed by atoms with Crippen molar-refractivity contribution in [3.8, 4) is 0 Å². The Morgan fingerprint density at radius 3 is 2.65 bits per heavy atom. The van der Waals surface area contributed by atoms with Crippen LogP contribution >= 0.6 is 15.9 Å². The van der Waals surface area contributed by atoms with E-state index in [-0.39, 0.29) is 5.91 Å². The Kier molecular flexibility index (Phi) is 6.01. The highest BCUT2D eigenvalue weighted by molar-refractivity contribution is 9.10. The minimum atomic E-state index is -0.00803. The number of ether oxygens (including phenoxy) is 1. The molecule has 1 saturated heterocycles. The number of nitrogens with one attached hydrogen (secondary N) is 1. The van der Waals surface area contributed by atoms with E-state index in [0.29, 0.717) is 18.0 Å². The molecule has 5 heteroatoms. The first kappa shape index (κ1) is 15.5. The summed E-state index contributed by atoms with van der Waals surface area (Å²) in [6.45, 7) is 7.49. The van der Waals surface area contributed by atoms with Crippen LogP contribution < -0.4 is 5.32 Å². The maximum Gasteiger partial charge on any atom is 0.251 e. The highest BCUT2D eigenvalue weighted by atomic mass is 79.9. The molecule has 1 heterocycles. The van der Waals surface area contributed by atoms with Crippen molar-refractivity contribution in [1.29, 1.82) is 0 Å². The van der Waals surface area contributed by atoms with Crippen LogP contribution in [0.15, 0.2) is 28.7 Å². The lowest BCUT2D eigenvalue weighted by Crippen LogP contribution is -2.41. The first-order valence-corrected chi connectivity index (χ1v) is 7.78. The molecule has 1 N–H and O–H groups in total. The predicted molar refractivity (Wildman–Crippen MR) is 82.9 cm³/mol. The summed E-state index contributed by atoms with van der Waals surface area (Å²) in [5, 5.41) is 3.00. The Balaban J connectivity index is 1.73. The number of hydrogen-bond acceptors (Lipinski definition) is 3. The van der Waals surface area contributed by atoms with Crippen molar-refractivity contribution in [3.05, 3.63) is 34.3 Å². The smallest absolute Gasteiger partial charge is 0.251 e. The number of morpholine rings is 1. The SMILES string of the molecule is CC(CNC(=O)c1ccc(Br)cc1)CN1CCOCC1. The van der Waals surface area contributed by atoms with Gasteiger partial charge in [-0.05, 0) is 30.2 Å². The van der Waals surface area contributed by atoms with Gasteiger partial charge in [0, 0.05) is 36.2 Å². The van der Waals surface area contributed by atoms with Crippen LogP contribution in [0.3, 0.4) is 0 Å². The third-order valence-corrected chi connectivity index (χ3v) is 3.92. The molecule has 1 atom stereocenters. The van der Waals surface area contributed by atoms with Crippen LogP contribution in [0.1, 0.15) is 17.3 Å². The molecule has 0 saturated carbocycles. The number of halogens is 1. The largest absolute Gasteiger partial charge is 0.379 e. The van der Waals surface area contributed by atoms with Crippen molar-refractivity contribution in [2.45, 2.75) is 6.92 Å². The summed E-state index contributed by atoms with van der Waals surface area (Å²) in [5.41, 5.74) is 0.701. The summed E-state index contributed by atoms with van der Waals surface area (Å²) >= 11 is 3.36. The standard InChI is InChI=1S/C15H21BrN2O2/c1-12(11-18-6-8-20-9-7-18)10-17-15(19)13-2-4-14(16)5-3-13/h2-5,12H,6-11H2,1H3,(H,17,19). The van der Waals surface area contributed by atoms with E-state index in [2.05, 4.69) is 33.1 Å². The summed E-state index contributed by atoms with van der Waals surface area (Å²) in [6, 6.07) is 7.41. The Labute approximate surface area is 128 Å². The summed E-state index contributed by atoms with van der Waals surface area (Å²) in [6.07, 6.45) is 0. The van der Waals surface area contributed by atoms with E-state index in [1.807, 2.05) is 24.3 Å². The van der Waals surface area contributed by atoms with Crippen molar-refractivity contribution in [2.75, 3.05) is 39.4 Å². The molecule has 110 valence electrons. The number of nitrogens with zero attached hydrogens (tertiary/aromatic N) is 1. The molecule has 4 nitrogen and oxygen atoms in total. The van der Waals surface area contributed by atoms with Crippen molar-refractivity contribution in [3.63, 3.8) is 0 Å². The fourth-order valence-corrected chi connectivity index (χ4v) is 2.52.